The minimum atomic E-state index is -0.140. The zero-order chi connectivity index (χ0) is 18.8. The van der Waals surface area contributed by atoms with E-state index in [0.717, 1.165) is 37.1 Å². The number of piperidine rings is 1. The first-order chi connectivity index (χ1) is 13.1. The number of furan rings is 1. The van der Waals surface area contributed by atoms with Gasteiger partial charge in [0.05, 0.1) is 17.5 Å². The molecule has 1 N–H and O–H groups in total. The van der Waals surface area contributed by atoms with E-state index in [4.69, 9.17) is 9.40 Å². The molecule has 0 aliphatic carbocycles. The number of rotatable bonds is 4. The minimum absolute atomic E-state index is 0.140. The standard InChI is InChI=1S/C22H25N3O2/c1-15-16(2)24-19-9-4-3-8-18(19)21(15)25-11-5-7-17(14-25)13-23-22(26)20-10-6-12-27-20/h3-4,6,8-10,12,17H,5,7,11,13-14H2,1-2H3,(H,23,26). The Kier molecular flexibility index (Phi) is 4.84. The van der Waals surface area contributed by atoms with Gasteiger partial charge in [-0.2, -0.15) is 0 Å². The maximum Gasteiger partial charge on any atom is 0.286 e. The van der Waals surface area contributed by atoms with Gasteiger partial charge in [0.2, 0.25) is 0 Å². The van der Waals surface area contributed by atoms with Gasteiger partial charge in [-0.25, -0.2) is 0 Å². The summed E-state index contributed by atoms with van der Waals surface area (Å²) in [5.41, 5.74) is 4.66. The molecule has 0 spiro atoms. The fourth-order valence-electron chi connectivity index (χ4n) is 3.98. The van der Waals surface area contributed by atoms with E-state index in [2.05, 4.69) is 42.3 Å². The summed E-state index contributed by atoms with van der Waals surface area (Å²) in [5.74, 6) is 0.650. The fraction of sp³-hybridized carbons (Fsp3) is 0.364. The lowest BCUT2D eigenvalue weighted by atomic mass is 9.95. The Morgan fingerprint density at radius 3 is 2.93 bits per heavy atom. The summed E-state index contributed by atoms with van der Waals surface area (Å²) in [4.78, 5) is 19.4. The summed E-state index contributed by atoms with van der Waals surface area (Å²) in [6.07, 6.45) is 3.77. The van der Waals surface area contributed by atoms with Crippen LogP contribution in [0.2, 0.25) is 0 Å². The van der Waals surface area contributed by atoms with Crippen molar-refractivity contribution >= 4 is 22.5 Å². The molecule has 1 saturated heterocycles. The Hall–Kier alpha value is -2.82. The average molecular weight is 363 g/mol. The van der Waals surface area contributed by atoms with Gasteiger partial charge in [0.1, 0.15) is 0 Å². The van der Waals surface area contributed by atoms with Crippen molar-refractivity contribution in [2.24, 2.45) is 5.92 Å². The third-order valence-corrected chi connectivity index (χ3v) is 5.48. The molecule has 5 nitrogen and oxygen atoms in total. The monoisotopic (exact) mass is 363 g/mol. The number of nitrogens with zero attached hydrogens (tertiary/aromatic N) is 2. The number of carbonyl (C=O) groups excluding carboxylic acids is 1. The Morgan fingerprint density at radius 1 is 1.26 bits per heavy atom. The van der Waals surface area contributed by atoms with Gasteiger partial charge in [-0.3, -0.25) is 9.78 Å². The Morgan fingerprint density at radius 2 is 2.11 bits per heavy atom. The molecule has 2 aromatic heterocycles. The second-order valence-corrected chi connectivity index (χ2v) is 7.33. The van der Waals surface area contributed by atoms with Crippen LogP contribution in [0.1, 0.15) is 34.7 Å². The predicted octanol–water partition coefficient (Wildman–Crippen LogP) is 4.09. The maximum absolute atomic E-state index is 12.1. The molecule has 1 unspecified atom stereocenters. The van der Waals surface area contributed by atoms with Crippen LogP contribution in [0.5, 0.6) is 0 Å². The molecule has 0 saturated carbocycles. The Balaban J connectivity index is 1.52. The highest BCUT2D eigenvalue weighted by Gasteiger charge is 2.24. The van der Waals surface area contributed by atoms with Gasteiger partial charge < -0.3 is 14.6 Å². The number of hydrogen-bond acceptors (Lipinski definition) is 4. The third-order valence-electron chi connectivity index (χ3n) is 5.48. The number of benzene rings is 1. The number of amides is 1. The first-order valence-corrected chi connectivity index (χ1v) is 9.56. The number of para-hydroxylation sites is 1. The Labute approximate surface area is 159 Å². The van der Waals surface area contributed by atoms with E-state index in [1.807, 2.05) is 6.07 Å². The van der Waals surface area contributed by atoms with E-state index in [1.54, 1.807) is 12.1 Å². The molecule has 4 rings (SSSR count). The molecule has 140 valence electrons. The molecule has 1 aliphatic rings. The highest BCUT2D eigenvalue weighted by atomic mass is 16.3. The Bertz CT molecular complexity index is 950. The SMILES string of the molecule is Cc1nc2ccccc2c(N2CCCC(CNC(=O)c3ccco3)C2)c1C. The molecular formula is C22H25N3O2. The van der Waals surface area contributed by atoms with Crippen molar-refractivity contribution in [1.29, 1.82) is 0 Å². The second-order valence-electron chi connectivity index (χ2n) is 7.33. The third kappa shape index (κ3) is 3.54. The molecule has 3 aromatic rings. The number of fused-ring (bicyclic) bond motifs is 1. The van der Waals surface area contributed by atoms with Gasteiger partial charge in [-0.15, -0.1) is 0 Å². The van der Waals surface area contributed by atoms with Crippen LogP contribution in [-0.2, 0) is 0 Å². The summed E-state index contributed by atoms with van der Waals surface area (Å²) in [6.45, 7) is 6.88. The molecular weight excluding hydrogens is 338 g/mol. The predicted molar refractivity (Wildman–Crippen MR) is 107 cm³/mol. The van der Waals surface area contributed by atoms with Gasteiger partial charge >= 0.3 is 0 Å². The normalized spacial score (nSPS) is 17.3. The lowest BCUT2D eigenvalue weighted by Crippen LogP contribution is -2.41. The van der Waals surface area contributed by atoms with Crippen LogP contribution in [0.15, 0.2) is 47.1 Å². The van der Waals surface area contributed by atoms with Crippen LogP contribution >= 0.6 is 0 Å². The van der Waals surface area contributed by atoms with Gasteiger partial charge in [0.15, 0.2) is 5.76 Å². The van der Waals surface area contributed by atoms with Crippen molar-refractivity contribution in [3.63, 3.8) is 0 Å². The highest BCUT2D eigenvalue weighted by Crippen LogP contribution is 2.33. The van der Waals surface area contributed by atoms with Gasteiger partial charge in [-0.05, 0) is 56.4 Å². The number of hydrogen-bond donors (Lipinski definition) is 1. The van der Waals surface area contributed by atoms with E-state index in [0.29, 0.717) is 18.2 Å². The summed E-state index contributed by atoms with van der Waals surface area (Å²) in [6, 6.07) is 11.8. The van der Waals surface area contributed by atoms with E-state index in [-0.39, 0.29) is 5.91 Å². The summed E-state index contributed by atoms with van der Waals surface area (Å²) < 4.78 is 5.17. The first kappa shape index (κ1) is 17.6. The zero-order valence-corrected chi connectivity index (χ0v) is 15.9. The topological polar surface area (TPSA) is 58.4 Å². The van der Waals surface area contributed by atoms with Gasteiger partial charge in [0, 0.05) is 30.7 Å². The molecule has 1 aliphatic heterocycles. The molecule has 1 atom stereocenters. The fourth-order valence-corrected chi connectivity index (χ4v) is 3.98. The van der Waals surface area contributed by atoms with Crippen LogP contribution in [0, 0.1) is 19.8 Å². The number of carbonyl (C=O) groups is 1. The summed E-state index contributed by atoms with van der Waals surface area (Å²) in [7, 11) is 0. The number of anilines is 1. The van der Waals surface area contributed by atoms with Crippen molar-refractivity contribution in [3.8, 4) is 0 Å². The van der Waals surface area contributed by atoms with Crippen molar-refractivity contribution < 1.29 is 9.21 Å². The van der Waals surface area contributed by atoms with Gasteiger partial charge in [0.25, 0.3) is 5.91 Å². The zero-order valence-electron chi connectivity index (χ0n) is 15.9. The number of aryl methyl sites for hydroxylation is 1. The van der Waals surface area contributed by atoms with Crippen LogP contribution in [0.3, 0.4) is 0 Å². The highest BCUT2D eigenvalue weighted by molar-refractivity contribution is 5.94. The largest absolute Gasteiger partial charge is 0.459 e. The number of pyridine rings is 1. The smallest absolute Gasteiger partial charge is 0.286 e. The number of aromatic nitrogens is 1. The average Bonchev–Trinajstić information content (AvgIpc) is 3.22. The van der Waals surface area contributed by atoms with Crippen molar-refractivity contribution in [3.05, 3.63) is 59.7 Å². The van der Waals surface area contributed by atoms with E-state index >= 15 is 0 Å². The summed E-state index contributed by atoms with van der Waals surface area (Å²) in [5, 5.41) is 4.23. The van der Waals surface area contributed by atoms with Crippen LogP contribution in [0.4, 0.5) is 5.69 Å². The molecule has 1 amide bonds. The van der Waals surface area contributed by atoms with Gasteiger partial charge in [-0.1, -0.05) is 18.2 Å². The van der Waals surface area contributed by atoms with Crippen LogP contribution in [-0.4, -0.2) is 30.5 Å². The molecule has 3 heterocycles. The lowest BCUT2D eigenvalue weighted by Gasteiger charge is -2.36. The quantitative estimate of drug-likeness (QED) is 0.758. The molecule has 27 heavy (non-hydrogen) atoms. The maximum atomic E-state index is 12.1. The minimum Gasteiger partial charge on any atom is -0.459 e. The van der Waals surface area contributed by atoms with E-state index in [9.17, 15) is 4.79 Å². The van der Waals surface area contributed by atoms with E-state index < -0.39 is 0 Å². The molecule has 0 radical (unpaired) electrons. The summed E-state index contributed by atoms with van der Waals surface area (Å²) >= 11 is 0. The van der Waals surface area contributed by atoms with Crippen molar-refractivity contribution in [1.82, 2.24) is 10.3 Å². The molecule has 1 fully saturated rings. The number of nitrogens with one attached hydrogen (secondary N) is 1. The van der Waals surface area contributed by atoms with E-state index in [1.165, 1.54) is 22.9 Å². The molecule has 0 bridgehead atoms. The van der Waals surface area contributed by atoms with Crippen molar-refractivity contribution in [2.75, 3.05) is 24.5 Å². The molecule has 1 aromatic carbocycles. The first-order valence-electron chi connectivity index (χ1n) is 9.56. The lowest BCUT2D eigenvalue weighted by molar-refractivity contribution is 0.0918. The van der Waals surface area contributed by atoms with Crippen molar-refractivity contribution in [2.45, 2.75) is 26.7 Å². The molecule has 5 heteroatoms. The second kappa shape index (κ2) is 7.43. The van der Waals surface area contributed by atoms with Crippen LogP contribution < -0.4 is 10.2 Å². The van der Waals surface area contributed by atoms with Crippen LogP contribution in [0.25, 0.3) is 10.9 Å².